The number of hydrogen-bond donors (Lipinski definition) is 6. The summed E-state index contributed by atoms with van der Waals surface area (Å²) in [6.07, 6.45) is 1.48. The molecular formula is C6H17N5O4S. The van der Waals surface area contributed by atoms with Crippen LogP contribution in [0, 0.1) is 10.8 Å². The van der Waals surface area contributed by atoms with Crippen LogP contribution in [-0.4, -0.2) is 31.5 Å². The fourth-order valence-electron chi connectivity index (χ4n) is 0.454. The molecule has 0 saturated heterocycles. The van der Waals surface area contributed by atoms with Crippen molar-refractivity contribution in [1.82, 2.24) is 5.32 Å². The van der Waals surface area contributed by atoms with Gasteiger partial charge in [0.15, 0.2) is 11.9 Å². The van der Waals surface area contributed by atoms with E-state index in [4.69, 9.17) is 26.8 Å². The van der Waals surface area contributed by atoms with Crippen LogP contribution in [0.3, 0.4) is 0 Å². The lowest BCUT2D eigenvalue weighted by molar-refractivity contribution is 0.264. The Labute approximate surface area is 94.1 Å². The molecule has 0 spiro atoms. The maximum absolute atomic E-state index is 9.84. The highest BCUT2D eigenvalue weighted by atomic mass is 32.3. The molecule has 16 heavy (non-hydrogen) atoms. The topological polar surface area (TPSA) is 175 Å². The Morgan fingerprint density at radius 1 is 1.38 bits per heavy atom. The van der Waals surface area contributed by atoms with Gasteiger partial charge in [0.2, 0.25) is 0 Å². The minimum Gasteiger partial charge on any atom is -0.370 e. The van der Waals surface area contributed by atoms with Crippen molar-refractivity contribution in [3.63, 3.8) is 0 Å². The smallest absolute Gasteiger partial charge is 0.370 e. The minimum atomic E-state index is -4.20. The van der Waals surface area contributed by atoms with Gasteiger partial charge < -0.3 is 11.5 Å². The van der Waals surface area contributed by atoms with Crippen LogP contribution >= 0.6 is 0 Å². The van der Waals surface area contributed by atoms with Crippen molar-refractivity contribution in [3.05, 3.63) is 0 Å². The number of guanidine groups is 2. The summed E-state index contributed by atoms with van der Waals surface area (Å²) in [5.41, 5.74) is 9.49. The van der Waals surface area contributed by atoms with Crippen molar-refractivity contribution in [2.24, 2.45) is 11.5 Å². The zero-order valence-electron chi connectivity index (χ0n) is 8.86. The van der Waals surface area contributed by atoms with Crippen molar-refractivity contribution in [2.45, 2.75) is 19.8 Å². The van der Waals surface area contributed by atoms with Gasteiger partial charge in [0.1, 0.15) is 0 Å². The van der Waals surface area contributed by atoms with Gasteiger partial charge in [0.05, 0.1) is 6.61 Å². The minimum absolute atomic E-state index is 0.0648. The lowest BCUT2D eigenvalue weighted by Crippen LogP contribution is -2.39. The van der Waals surface area contributed by atoms with E-state index in [1.165, 1.54) is 0 Å². The molecule has 0 aliphatic heterocycles. The largest absolute Gasteiger partial charge is 0.397 e. The molecule has 0 aromatic carbocycles. The molecule has 9 nitrogen and oxygen atoms in total. The number of nitrogens with one attached hydrogen (secondary N) is 3. The summed E-state index contributed by atoms with van der Waals surface area (Å²) in [5.74, 6) is -0.625. The van der Waals surface area contributed by atoms with Gasteiger partial charge in [0, 0.05) is 0 Å². The molecule has 0 radical (unpaired) electrons. The van der Waals surface area contributed by atoms with E-state index in [-0.39, 0.29) is 18.5 Å². The summed E-state index contributed by atoms with van der Waals surface area (Å²) in [6, 6.07) is 0. The zero-order chi connectivity index (χ0) is 13.2. The van der Waals surface area contributed by atoms with Gasteiger partial charge in [-0.25, -0.2) is 4.18 Å². The molecule has 0 saturated carbocycles. The van der Waals surface area contributed by atoms with E-state index >= 15 is 0 Å². The molecule has 8 N–H and O–H groups in total. The maximum atomic E-state index is 9.84. The molecular weight excluding hydrogens is 238 g/mol. The fraction of sp³-hybridized carbons (Fsp3) is 0.667. The quantitative estimate of drug-likeness (QED) is 0.161. The average molecular weight is 255 g/mol. The Bertz CT molecular complexity index is 303. The number of unbranched alkanes of at least 4 members (excludes halogenated alkanes) is 1. The molecule has 0 bridgehead atoms. The van der Waals surface area contributed by atoms with E-state index in [1.807, 2.05) is 12.2 Å². The van der Waals surface area contributed by atoms with Gasteiger partial charge in [-0.05, 0) is 6.42 Å². The Morgan fingerprint density at radius 3 is 2.00 bits per heavy atom. The standard InChI is InChI=1S/C4H10O4S.C2H7N5/c1-2-3-4-8-9(5,6)7;3-1(4)7-2(5)6/h2-4H2,1H3,(H,5,6,7);(H7,3,4,5,6,7). The monoisotopic (exact) mass is 255 g/mol. The van der Waals surface area contributed by atoms with E-state index in [0.29, 0.717) is 6.42 Å². The first-order valence-electron chi connectivity index (χ1n) is 4.26. The SMILES string of the molecule is CCCCOS(=O)(=O)O.N=C(N)NC(=N)N. The Balaban J connectivity index is 0. The van der Waals surface area contributed by atoms with Crippen molar-refractivity contribution in [1.29, 1.82) is 10.8 Å². The van der Waals surface area contributed by atoms with Crippen molar-refractivity contribution >= 4 is 22.3 Å². The molecule has 0 aromatic heterocycles. The maximum Gasteiger partial charge on any atom is 0.397 e. The predicted octanol–water partition coefficient (Wildman–Crippen LogP) is -1.03. The van der Waals surface area contributed by atoms with Crippen LogP contribution in [0.25, 0.3) is 0 Å². The van der Waals surface area contributed by atoms with E-state index in [9.17, 15) is 8.42 Å². The van der Waals surface area contributed by atoms with E-state index in [0.717, 1.165) is 6.42 Å². The first-order valence-corrected chi connectivity index (χ1v) is 5.62. The number of hydrogen-bond acceptors (Lipinski definition) is 5. The summed E-state index contributed by atoms with van der Waals surface area (Å²) in [7, 11) is -4.20. The van der Waals surface area contributed by atoms with Gasteiger partial charge in [-0.2, -0.15) is 8.42 Å². The molecule has 0 rings (SSSR count). The molecule has 0 aliphatic rings. The average Bonchev–Trinajstić information content (AvgIpc) is 2.00. The molecule has 0 heterocycles. The van der Waals surface area contributed by atoms with Gasteiger partial charge in [-0.3, -0.25) is 20.7 Å². The van der Waals surface area contributed by atoms with Gasteiger partial charge in [-0.15, -0.1) is 0 Å². The van der Waals surface area contributed by atoms with Gasteiger partial charge in [0.25, 0.3) is 0 Å². The van der Waals surface area contributed by atoms with Crippen LogP contribution in [0.2, 0.25) is 0 Å². The van der Waals surface area contributed by atoms with Crippen LogP contribution in [0.4, 0.5) is 0 Å². The van der Waals surface area contributed by atoms with E-state index in [1.54, 1.807) is 0 Å². The van der Waals surface area contributed by atoms with Crippen LogP contribution in [0.5, 0.6) is 0 Å². The van der Waals surface area contributed by atoms with Gasteiger partial charge >= 0.3 is 10.4 Å². The second-order valence-corrected chi connectivity index (χ2v) is 3.65. The zero-order valence-corrected chi connectivity index (χ0v) is 9.67. The number of rotatable bonds is 4. The second kappa shape index (κ2) is 8.88. The third-order valence-corrected chi connectivity index (χ3v) is 1.46. The molecule has 0 aromatic rings. The van der Waals surface area contributed by atoms with Crippen molar-refractivity contribution < 1.29 is 17.2 Å². The lowest BCUT2D eigenvalue weighted by atomic mass is 10.4. The van der Waals surface area contributed by atoms with Crippen LogP contribution in [-0.2, 0) is 14.6 Å². The van der Waals surface area contributed by atoms with Crippen LogP contribution in [0.1, 0.15) is 19.8 Å². The molecule has 10 heteroatoms. The van der Waals surface area contributed by atoms with Crippen LogP contribution in [0.15, 0.2) is 0 Å². The lowest BCUT2D eigenvalue weighted by Gasteiger charge is -1.95. The summed E-state index contributed by atoms with van der Waals surface area (Å²) >= 11 is 0. The Hall–Kier alpha value is -1.39. The van der Waals surface area contributed by atoms with Gasteiger partial charge in [-0.1, -0.05) is 13.3 Å². The Morgan fingerprint density at radius 2 is 1.81 bits per heavy atom. The highest BCUT2D eigenvalue weighted by Gasteiger charge is 2.00. The summed E-state index contributed by atoms with van der Waals surface area (Å²) < 4.78 is 31.7. The summed E-state index contributed by atoms with van der Waals surface area (Å²) in [5, 5.41) is 15.0. The molecule has 0 aliphatic carbocycles. The van der Waals surface area contributed by atoms with Crippen molar-refractivity contribution in [2.75, 3.05) is 6.61 Å². The van der Waals surface area contributed by atoms with Crippen LogP contribution < -0.4 is 16.8 Å². The predicted molar refractivity (Wildman–Crippen MR) is 59.4 cm³/mol. The molecule has 0 fully saturated rings. The molecule has 0 atom stereocenters. The van der Waals surface area contributed by atoms with E-state index < -0.39 is 10.4 Å². The second-order valence-electron chi connectivity index (χ2n) is 2.56. The summed E-state index contributed by atoms with van der Waals surface area (Å²) in [4.78, 5) is 0. The number of nitrogens with two attached hydrogens (primary N) is 2. The summed E-state index contributed by atoms with van der Waals surface area (Å²) in [6.45, 7) is 1.96. The molecule has 0 amide bonds. The highest BCUT2D eigenvalue weighted by Crippen LogP contribution is 1.91. The fourth-order valence-corrected chi connectivity index (χ4v) is 0.782. The van der Waals surface area contributed by atoms with E-state index in [2.05, 4.69) is 4.18 Å². The molecule has 96 valence electrons. The third-order valence-electron chi connectivity index (χ3n) is 0.999. The first-order chi connectivity index (χ1) is 7.19. The first kappa shape index (κ1) is 17.0. The van der Waals surface area contributed by atoms with Crippen molar-refractivity contribution in [3.8, 4) is 0 Å². The third kappa shape index (κ3) is 22.9. The Kier molecular flexibility index (Phi) is 9.45. The molecule has 0 unspecified atom stereocenters. The highest BCUT2D eigenvalue weighted by molar-refractivity contribution is 7.80. The normalized spacial score (nSPS) is 9.88.